The van der Waals surface area contributed by atoms with Crippen LogP contribution in [0.4, 0.5) is 0 Å². The highest BCUT2D eigenvalue weighted by Crippen LogP contribution is 2.30. The van der Waals surface area contributed by atoms with Gasteiger partial charge in [0.05, 0.1) is 0 Å². The van der Waals surface area contributed by atoms with E-state index < -0.39 is 0 Å². The minimum Gasteiger partial charge on any atom is -0.326 e. The molecule has 2 N–H and O–H groups in total. The molecule has 2 rings (SSSR count). The molecule has 0 aliphatic heterocycles. The summed E-state index contributed by atoms with van der Waals surface area (Å²) in [6.45, 7) is 2.08. The Morgan fingerprint density at radius 2 is 2.44 bits per heavy atom. The molecule has 0 bridgehead atoms. The van der Waals surface area contributed by atoms with Crippen molar-refractivity contribution in [1.29, 1.82) is 0 Å². The van der Waals surface area contributed by atoms with Crippen LogP contribution in [0.3, 0.4) is 0 Å². The predicted octanol–water partition coefficient (Wildman–Crippen LogP) is 2.43. The van der Waals surface area contributed by atoms with Crippen molar-refractivity contribution in [2.75, 3.05) is 0 Å². The van der Waals surface area contributed by atoms with E-state index >= 15 is 0 Å². The third kappa shape index (κ3) is 2.34. The van der Waals surface area contributed by atoms with Crippen molar-refractivity contribution in [2.45, 2.75) is 25.4 Å². The predicted molar refractivity (Wildman–Crippen MR) is 68.4 cm³/mol. The third-order valence-corrected chi connectivity index (χ3v) is 4.24. The van der Waals surface area contributed by atoms with Crippen LogP contribution in [0.15, 0.2) is 28.6 Å². The standard InChI is InChI=1S/C10H13BrN4S/c1-2-8(12)10(15-6-13-5-14-15)9-3-7(11)4-16-9/h3-6,8,10H,2,12H2,1H3. The molecule has 16 heavy (non-hydrogen) atoms. The quantitative estimate of drug-likeness (QED) is 0.943. The molecule has 0 aromatic carbocycles. The first-order valence-electron chi connectivity index (χ1n) is 5.06. The molecule has 2 aromatic rings. The first-order valence-corrected chi connectivity index (χ1v) is 6.73. The Hall–Kier alpha value is -0.720. The molecule has 0 radical (unpaired) electrons. The van der Waals surface area contributed by atoms with E-state index in [1.807, 2.05) is 4.68 Å². The molecule has 0 saturated carbocycles. The van der Waals surface area contributed by atoms with E-state index in [0.717, 1.165) is 10.9 Å². The molecular formula is C10H13BrN4S. The SMILES string of the molecule is CCC(N)C(c1cc(Br)cs1)n1cncn1. The van der Waals surface area contributed by atoms with Gasteiger partial charge in [-0.2, -0.15) is 5.10 Å². The van der Waals surface area contributed by atoms with Crippen LogP contribution >= 0.6 is 27.3 Å². The second-order valence-corrected chi connectivity index (χ2v) is 5.42. The van der Waals surface area contributed by atoms with Crippen molar-refractivity contribution < 1.29 is 0 Å². The van der Waals surface area contributed by atoms with E-state index in [2.05, 4.69) is 44.4 Å². The minimum absolute atomic E-state index is 0.0484. The van der Waals surface area contributed by atoms with Crippen LogP contribution in [0.5, 0.6) is 0 Å². The van der Waals surface area contributed by atoms with Gasteiger partial charge in [0, 0.05) is 20.8 Å². The maximum atomic E-state index is 6.15. The lowest BCUT2D eigenvalue weighted by Crippen LogP contribution is -2.32. The fourth-order valence-electron chi connectivity index (χ4n) is 1.61. The van der Waals surface area contributed by atoms with Gasteiger partial charge in [0.1, 0.15) is 18.7 Å². The van der Waals surface area contributed by atoms with Gasteiger partial charge in [-0.15, -0.1) is 11.3 Å². The van der Waals surface area contributed by atoms with Crippen LogP contribution in [0.2, 0.25) is 0 Å². The highest BCUT2D eigenvalue weighted by molar-refractivity contribution is 9.10. The first kappa shape index (κ1) is 11.8. The minimum atomic E-state index is 0.0484. The molecule has 0 saturated heterocycles. The molecule has 0 amide bonds. The number of nitrogens with two attached hydrogens (primary N) is 1. The van der Waals surface area contributed by atoms with Gasteiger partial charge >= 0.3 is 0 Å². The smallest absolute Gasteiger partial charge is 0.137 e. The molecule has 6 heteroatoms. The number of halogens is 1. The molecule has 0 aliphatic carbocycles. The van der Waals surface area contributed by atoms with Crippen molar-refractivity contribution in [1.82, 2.24) is 14.8 Å². The fourth-order valence-corrected chi connectivity index (χ4v) is 3.22. The van der Waals surface area contributed by atoms with Crippen molar-refractivity contribution in [3.8, 4) is 0 Å². The number of thiophene rings is 1. The van der Waals surface area contributed by atoms with E-state index in [0.29, 0.717) is 0 Å². The van der Waals surface area contributed by atoms with Crippen LogP contribution in [0.1, 0.15) is 24.3 Å². The van der Waals surface area contributed by atoms with Gasteiger partial charge in [0.15, 0.2) is 0 Å². The van der Waals surface area contributed by atoms with Crippen LogP contribution in [0, 0.1) is 0 Å². The van der Waals surface area contributed by atoms with Crippen LogP contribution < -0.4 is 5.73 Å². The van der Waals surface area contributed by atoms with Gasteiger partial charge in [-0.3, -0.25) is 0 Å². The summed E-state index contributed by atoms with van der Waals surface area (Å²) in [5.74, 6) is 0. The number of hydrogen-bond donors (Lipinski definition) is 1. The molecule has 0 aliphatic rings. The maximum Gasteiger partial charge on any atom is 0.137 e. The summed E-state index contributed by atoms with van der Waals surface area (Å²) in [6.07, 6.45) is 4.16. The second kappa shape index (κ2) is 5.07. The van der Waals surface area contributed by atoms with Gasteiger partial charge in [0.2, 0.25) is 0 Å². The normalized spacial score (nSPS) is 14.9. The van der Waals surface area contributed by atoms with Gasteiger partial charge in [-0.05, 0) is 28.4 Å². The average molecular weight is 301 g/mol. The molecule has 86 valence electrons. The highest BCUT2D eigenvalue weighted by Gasteiger charge is 2.22. The van der Waals surface area contributed by atoms with Crippen molar-refractivity contribution >= 4 is 27.3 Å². The zero-order valence-corrected chi connectivity index (χ0v) is 11.3. The topological polar surface area (TPSA) is 56.7 Å². The Labute approximate surface area is 107 Å². The molecule has 2 heterocycles. The number of nitrogens with zero attached hydrogens (tertiary/aromatic N) is 3. The lowest BCUT2D eigenvalue weighted by atomic mass is 10.1. The lowest BCUT2D eigenvalue weighted by molar-refractivity contribution is 0.429. The number of rotatable bonds is 4. The Morgan fingerprint density at radius 3 is 2.94 bits per heavy atom. The van der Waals surface area contributed by atoms with E-state index in [-0.39, 0.29) is 12.1 Å². The van der Waals surface area contributed by atoms with E-state index in [1.165, 1.54) is 11.2 Å². The van der Waals surface area contributed by atoms with E-state index in [1.54, 1.807) is 17.7 Å². The van der Waals surface area contributed by atoms with E-state index in [9.17, 15) is 0 Å². The Balaban J connectivity index is 2.35. The van der Waals surface area contributed by atoms with Gasteiger partial charge in [-0.1, -0.05) is 6.92 Å². The maximum absolute atomic E-state index is 6.15. The van der Waals surface area contributed by atoms with Gasteiger partial charge < -0.3 is 5.73 Å². The summed E-state index contributed by atoms with van der Waals surface area (Å²) >= 11 is 5.14. The van der Waals surface area contributed by atoms with Crippen LogP contribution in [0.25, 0.3) is 0 Å². The third-order valence-electron chi connectivity index (χ3n) is 2.48. The number of hydrogen-bond acceptors (Lipinski definition) is 4. The summed E-state index contributed by atoms with van der Waals surface area (Å²) in [5.41, 5.74) is 6.15. The molecule has 2 unspecified atom stereocenters. The van der Waals surface area contributed by atoms with E-state index in [4.69, 9.17) is 5.73 Å². The monoisotopic (exact) mass is 300 g/mol. The second-order valence-electron chi connectivity index (χ2n) is 3.56. The summed E-state index contributed by atoms with van der Waals surface area (Å²) in [5, 5.41) is 6.25. The molecular weight excluding hydrogens is 288 g/mol. The average Bonchev–Trinajstić information content (AvgIpc) is 2.91. The Bertz CT molecular complexity index is 439. The van der Waals surface area contributed by atoms with Crippen LogP contribution in [-0.2, 0) is 0 Å². The van der Waals surface area contributed by atoms with Gasteiger partial charge in [-0.25, -0.2) is 9.67 Å². The molecule has 0 spiro atoms. The summed E-state index contributed by atoms with van der Waals surface area (Å²) < 4.78 is 2.91. The lowest BCUT2D eigenvalue weighted by Gasteiger charge is -2.21. The first-order chi connectivity index (χ1) is 7.72. The Kier molecular flexibility index (Phi) is 3.73. The Morgan fingerprint density at radius 1 is 1.62 bits per heavy atom. The highest BCUT2D eigenvalue weighted by atomic mass is 79.9. The van der Waals surface area contributed by atoms with Crippen molar-refractivity contribution in [3.63, 3.8) is 0 Å². The number of aromatic nitrogens is 3. The largest absolute Gasteiger partial charge is 0.326 e. The molecule has 0 fully saturated rings. The summed E-state index contributed by atoms with van der Waals surface area (Å²) in [6, 6.07) is 2.21. The fraction of sp³-hybridized carbons (Fsp3) is 0.400. The zero-order valence-electron chi connectivity index (χ0n) is 8.88. The van der Waals surface area contributed by atoms with Crippen molar-refractivity contribution in [2.24, 2.45) is 5.73 Å². The van der Waals surface area contributed by atoms with Gasteiger partial charge in [0.25, 0.3) is 0 Å². The summed E-state index contributed by atoms with van der Waals surface area (Å²) in [7, 11) is 0. The molecule has 4 nitrogen and oxygen atoms in total. The molecule has 2 atom stereocenters. The molecule has 2 aromatic heterocycles. The zero-order chi connectivity index (χ0) is 11.5. The summed E-state index contributed by atoms with van der Waals surface area (Å²) in [4.78, 5) is 5.18. The van der Waals surface area contributed by atoms with Crippen LogP contribution in [-0.4, -0.2) is 20.8 Å². The van der Waals surface area contributed by atoms with Crippen molar-refractivity contribution in [3.05, 3.63) is 33.5 Å².